The van der Waals surface area contributed by atoms with Crippen LogP contribution in [0, 0.1) is 0 Å². The second kappa shape index (κ2) is 21.1. The molecular formula is C38H59NO29. The minimum atomic E-state index is -2.09. The van der Waals surface area contributed by atoms with Gasteiger partial charge in [0.1, 0.15) is 122 Å². The van der Waals surface area contributed by atoms with Gasteiger partial charge >= 0.3 is 5.97 Å². The van der Waals surface area contributed by atoms with Crippen molar-refractivity contribution in [1.29, 1.82) is 0 Å². The number of carboxylic acid groups (broad SMARTS) is 1. The first-order valence-corrected chi connectivity index (χ1v) is 22.3. The lowest BCUT2D eigenvalue weighted by Gasteiger charge is -2.47. The molecule has 15 N–H and O–H groups in total. The summed E-state index contributed by atoms with van der Waals surface area (Å²) in [6.45, 7) is -1.04. The molecule has 0 radical (unpaired) electrons. The Morgan fingerprint density at radius 3 is 1.63 bits per heavy atom. The summed E-state index contributed by atoms with van der Waals surface area (Å²) in [7, 11) is 0. The molecular weight excluding hydrogens is 934 g/mol. The average Bonchev–Trinajstić information content (AvgIpc) is 4.22. The van der Waals surface area contributed by atoms with Crippen LogP contribution in [0.5, 0.6) is 0 Å². The zero-order valence-electron chi connectivity index (χ0n) is 35.7. The molecule has 0 saturated carbocycles. The van der Waals surface area contributed by atoms with Crippen LogP contribution >= 0.6 is 0 Å². The van der Waals surface area contributed by atoms with Crippen LogP contribution in [0.3, 0.4) is 0 Å². The molecule has 0 aromatic carbocycles. The maximum atomic E-state index is 11.6. The van der Waals surface area contributed by atoms with Crippen molar-refractivity contribution in [3.05, 3.63) is 0 Å². The second-order valence-corrected chi connectivity index (χ2v) is 17.8. The summed E-state index contributed by atoms with van der Waals surface area (Å²) < 4.78 is 86.3. The van der Waals surface area contributed by atoms with Gasteiger partial charge in [-0.1, -0.05) is 0 Å². The highest BCUT2D eigenvalue weighted by molar-refractivity contribution is 5.73. The van der Waals surface area contributed by atoms with Gasteiger partial charge in [-0.3, -0.25) is 0 Å². The highest BCUT2D eigenvalue weighted by Gasteiger charge is 2.65. The topological polar surface area (TPSA) is 454 Å². The number of ether oxygens (including phenoxy) is 15. The van der Waals surface area contributed by atoms with E-state index in [1.807, 2.05) is 0 Å². The lowest BCUT2D eigenvalue weighted by atomic mass is 9.97. The SMILES string of the molecule is NCCCCCO[C@@H]1OC2O[C@@H]2C(O[C@@H]2OC3OC3C(OC3OC(CO)[C@@H](O[C@H]4OC5O[C@@H]5C(O)C4O)C(O)C3O)C2O[C@H]2OC(CO[C@H]3OC(C(=O)O)[C@@H](O)C(O)C3O)[C@@H](O)C(O)C2O)C1O. The van der Waals surface area contributed by atoms with Gasteiger partial charge < -0.3 is 143 Å². The summed E-state index contributed by atoms with van der Waals surface area (Å²) in [6.07, 6.45) is -46.0. The third-order valence-corrected chi connectivity index (χ3v) is 13.1. The minimum Gasteiger partial charge on any atom is -0.479 e. The van der Waals surface area contributed by atoms with Gasteiger partial charge in [-0.2, -0.15) is 0 Å². The van der Waals surface area contributed by atoms with E-state index in [0.29, 0.717) is 13.0 Å². The number of carboxylic acids is 1. The van der Waals surface area contributed by atoms with E-state index in [9.17, 15) is 71.2 Å². The van der Waals surface area contributed by atoms with Crippen LogP contribution in [-0.4, -0.2) is 284 Å². The Morgan fingerprint density at radius 1 is 0.426 bits per heavy atom. The first kappa shape index (κ1) is 51.3. The molecule has 30 nitrogen and oxygen atoms in total. The quantitative estimate of drug-likeness (QED) is 0.0422. The van der Waals surface area contributed by atoms with Crippen LogP contribution < -0.4 is 5.73 Å². The molecule has 9 rings (SSSR count). The number of carbonyl (C=O) groups is 1. The zero-order chi connectivity index (χ0) is 48.5. The van der Waals surface area contributed by atoms with Crippen LogP contribution in [0.4, 0.5) is 0 Å². The molecule has 0 bridgehead atoms. The van der Waals surface area contributed by atoms with Gasteiger partial charge in [0.05, 0.1) is 13.2 Å². The lowest BCUT2D eigenvalue weighted by Crippen LogP contribution is -2.65. The lowest BCUT2D eigenvalue weighted by molar-refractivity contribution is -0.384. The van der Waals surface area contributed by atoms with Crippen LogP contribution in [0.2, 0.25) is 0 Å². The van der Waals surface area contributed by atoms with E-state index in [1.165, 1.54) is 0 Å². The molecule has 9 aliphatic heterocycles. The van der Waals surface area contributed by atoms with Crippen LogP contribution in [0.15, 0.2) is 0 Å². The van der Waals surface area contributed by atoms with Crippen LogP contribution in [0.1, 0.15) is 19.3 Å². The molecule has 9 aliphatic rings. The third-order valence-electron chi connectivity index (χ3n) is 13.1. The molecule has 68 heavy (non-hydrogen) atoms. The van der Waals surface area contributed by atoms with Gasteiger partial charge in [0.15, 0.2) is 62.7 Å². The van der Waals surface area contributed by atoms with Crippen LogP contribution in [-0.2, 0) is 75.8 Å². The van der Waals surface area contributed by atoms with Gasteiger partial charge in [-0.15, -0.1) is 0 Å². The first-order chi connectivity index (χ1) is 32.5. The number of hydrogen-bond acceptors (Lipinski definition) is 29. The number of epoxide rings is 3. The fourth-order valence-corrected chi connectivity index (χ4v) is 8.98. The Balaban J connectivity index is 0.936. The number of unbranched alkanes of at least 4 members (excludes halogenated alkanes) is 2. The molecule has 0 aromatic rings. The molecule has 30 atom stereocenters. The average molecular weight is 994 g/mol. The molecule has 30 heteroatoms. The molecule has 9 heterocycles. The van der Waals surface area contributed by atoms with Gasteiger partial charge in [-0.05, 0) is 25.8 Å². The van der Waals surface area contributed by atoms with E-state index in [-0.39, 0.29) is 6.61 Å². The number of hydrogen-bond donors (Lipinski definition) is 14. The minimum absolute atomic E-state index is 0.178. The summed E-state index contributed by atoms with van der Waals surface area (Å²) in [5.41, 5.74) is 5.58. The molecule has 20 unspecified atom stereocenters. The van der Waals surface area contributed by atoms with Crippen molar-refractivity contribution < 1.29 is 142 Å². The molecule has 9 fully saturated rings. The summed E-state index contributed by atoms with van der Waals surface area (Å²) >= 11 is 0. The Kier molecular flexibility index (Phi) is 15.9. The number of rotatable bonds is 19. The van der Waals surface area contributed by atoms with E-state index in [1.54, 1.807) is 0 Å². The van der Waals surface area contributed by atoms with Crippen molar-refractivity contribution in [2.24, 2.45) is 5.73 Å². The van der Waals surface area contributed by atoms with Crippen molar-refractivity contribution in [1.82, 2.24) is 0 Å². The van der Waals surface area contributed by atoms with E-state index in [0.717, 1.165) is 12.8 Å². The highest BCUT2D eigenvalue weighted by Crippen LogP contribution is 2.45. The van der Waals surface area contributed by atoms with E-state index < -0.39 is 204 Å². The standard InChI is InChI=1S/C38H59NO29/c39-4-2-1-3-5-54-31-20(51)22(26-36(64-26)66-31)59-37-27(63-32-17(48)11(42)10(41)9(57-32)7-55-30-16(47)12(43)13(44)23(60-30)29(52)53)25(28-38(65-28)68-37)62-33-18(49)14(45)21(8(6-40)56-33)58-34-19(50)15(46)24-35(61-24)67-34/h8-28,30-38,40-51H,1-7,39H2,(H,52,53)/t8?,9?,10-,11?,12?,13+,14?,15?,16?,17?,18?,19?,20?,21-,22?,23?,24-,25?,26-,27?,28?,30+,31-,32-,33?,34+,35?,36?,37-,38?/m1/s1. The van der Waals surface area contributed by atoms with E-state index in [2.05, 4.69) is 0 Å². The Bertz CT molecular complexity index is 1690. The van der Waals surface area contributed by atoms with Gasteiger partial charge in [0, 0.05) is 6.61 Å². The number of nitrogens with two attached hydrogens (primary N) is 1. The smallest absolute Gasteiger partial charge is 0.335 e. The first-order valence-electron chi connectivity index (χ1n) is 22.3. The summed E-state index contributed by atoms with van der Waals surface area (Å²) in [5, 5.41) is 139. The number of fused-ring (bicyclic) bond motifs is 3. The summed E-state index contributed by atoms with van der Waals surface area (Å²) in [4.78, 5) is 11.6. The predicted molar refractivity (Wildman–Crippen MR) is 202 cm³/mol. The van der Waals surface area contributed by atoms with Gasteiger partial charge in [0.25, 0.3) is 0 Å². The molecule has 9 saturated heterocycles. The van der Waals surface area contributed by atoms with Crippen molar-refractivity contribution in [2.75, 3.05) is 26.4 Å². The third kappa shape index (κ3) is 10.3. The Morgan fingerprint density at radius 2 is 0.941 bits per heavy atom. The maximum absolute atomic E-state index is 11.6. The fraction of sp³-hybridized carbons (Fsp3) is 0.974. The maximum Gasteiger partial charge on any atom is 0.335 e. The number of aliphatic carboxylic acids is 1. The summed E-state index contributed by atoms with van der Waals surface area (Å²) in [5.74, 6) is -1.71. The molecule has 0 spiro atoms. The fourth-order valence-electron chi connectivity index (χ4n) is 8.98. The van der Waals surface area contributed by atoms with Crippen molar-refractivity contribution in [3.63, 3.8) is 0 Å². The van der Waals surface area contributed by atoms with Gasteiger partial charge in [-0.25, -0.2) is 4.79 Å². The number of aliphatic hydroxyl groups excluding tert-OH is 12. The highest BCUT2D eigenvalue weighted by atomic mass is 16.9. The summed E-state index contributed by atoms with van der Waals surface area (Å²) in [6, 6.07) is 0. The van der Waals surface area contributed by atoms with Crippen LogP contribution in [0.25, 0.3) is 0 Å². The second-order valence-electron chi connectivity index (χ2n) is 17.8. The Hall–Kier alpha value is -1.65. The zero-order valence-corrected chi connectivity index (χ0v) is 35.7. The monoisotopic (exact) mass is 993 g/mol. The van der Waals surface area contributed by atoms with Gasteiger partial charge in [0.2, 0.25) is 0 Å². The van der Waals surface area contributed by atoms with Crippen molar-refractivity contribution >= 4 is 5.97 Å². The predicted octanol–water partition coefficient (Wildman–Crippen LogP) is -9.85. The van der Waals surface area contributed by atoms with E-state index in [4.69, 9.17) is 76.8 Å². The van der Waals surface area contributed by atoms with E-state index >= 15 is 0 Å². The molecule has 390 valence electrons. The molecule has 0 aliphatic carbocycles. The number of aliphatic hydroxyl groups is 12. The largest absolute Gasteiger partial charge is 0.479 e. The Labute approximate surface area is 384 Å². The molecule has 0 amide bonds. The molecule has 0 aromatic heterocycles. The van der Waals surface area contributed by atoms with Crippen molar-refractivity contribution in [2.45, 2.75) is 204 Å². The normalized spacial score (nSPS) is 54.0. The van der Waals surface area contributed by atoms with Crippen molar-refractivity contribution in [3.8, 4) is 0 Å².